The highest BCUT2D eigenvalue weighted by molar-refractivity contribution is 6.25. The monoisotopic (exact) mass is 814 g/mol. The van der Waals surface area contributed by atoms with Gasteiger partial charge in [0.15, 0.2) is 0 Å². The van der Waals surface area contributed by atoms with Crippen LogP contribution in [0.5, 0.6) is 0 Å². The van der Waals surface area contributed by atoms with Crippen molar-refractivity contribution < 1.29 is 0 Å². The molecule has 11 aromatic carbocycles. The summed E-state index contributed by atoms with van der Waals surface area (Å²) in [6, 6.07) is 85.6. The van der Waals surface area contributed by atoms with E-state index < -0.39 is 0 Å². The van der Waals surface area contributed by atoms with E-state index in [2.05, 4.69) is 240 Å². The van der Waals surface area contributed by atoms with Crippen LogP contribution in [0.3, 0.4) is 0 Å². The summed E-state index contributed by atoms with van der Waals surface area (Å²) in [5.41, 5.74) is 19.9. The predicted octanol–water partition coefficient (Wildman–Crippen LogP) is 16.9. The second kappa shape index (κ2) is 14.7. The number of rotatable bonds is 5. The van der Waals surface area contributed by atoms with Crippen molar-refractivity contribution in [2.24, 2.45) is 0 Å². The quantitative estimate of drug-likeness (QED) is 0.160. The number of para-hydroxylation sites is 4. The van der Waals surface area contributed by atoms with Gasteiger partial charge >= 0.3 is 0 Å². The van der Waals surface area contributed by atoms with Gasteiger partial charge < -0.3 is 9.80 Å². The Balaban J connectivity index is 1.15. The summed E-state index contributed by atoms with van der Waals surface area (Å²) in [7, 11) is 0. The first-order valence-corrected chi connectivity index (χ1v) is 22.4. The standard InChI is InChI=1S/C62H42N2/c1-3-17-41(18-4-1)49-35-36-52(51-26-12-11-25-50(49)51)62-54-34-32-47(63-57-27-13-7-21-43(57)37-44-22-8-14-28-58(44)63)39-55(54)61(42-19-5-2-6-20-42)53-33-31-48(40-56(53)62)64-59-29-15-9-23-45(59)38-46-24-10-16-30-60(46)64/h1-36,39-40H,37-38H2. The summed E-state index contributed by atoms with van der Waals surface area (Å²) in [6.45, 7) is 0. The van der Waals surface area contributed by atoms with Gasteiger partial charge in [-0.3, -0.25) is 0 Å². The maximum atomic E-state index is 2.48. The molecule has 0 radical (unpaired) electrons. The molecule has 300 valence electrons. The summed E-state index contributed by atoms with van der Waals surface area (Å²) < 4.78 is 0. The van der Waals surface area contributed by atoms with E-state index in [0.717, 1.165) is 24.2 Å². The molecule has 0 N–H and O–H groups in total. The molecule has 2 heterocycles. The molecule has 2 heteroatoms. The lowest BCUT2D eigenvalue weighted by atomic mass is 9.83. The Bertz CT molecular complexity index is 3530. The summed E-state index contributed by atoms with van der Waals surface area (Å²) in [5, 5.41) is 7.38. The van der Waals surface area contributed by atoms with Gasteiger partial charge in [0.2, 0.25) is 0 Å². The third kappa shape index (κ3) is 5.73. The van der Waals surface area contributed by atoms with Crippen LogP contribution in [-0.2, 0) is 12.8 Å². The van der Waals surface area contributed by atoms with Crippen LogP contribution >= 0.6 is 0 Å². The van der Waals surface area contributed by atoms with Gasteiger partial charge in [0.1, 0.15) is 0 Å². The highest BCUT2D eigenvalue weighted by Crippen LogP contribution is 2.52. The molecule has 2 aliphatic heterocycles. The van der Waals surface area contributed by atoms with Gasteiger partial charge in [-0.25, -0.2) is 0 Å². The van der Waals surface area contributed by atoms with E-state index in [0.29, 0.717) is 0 Å². The van der Waals surface area contributed by atoms with Gasteiger partial charge in [-0.05, 0) is 136 Å². The van der Waals surface area contributed by atoms with Crippen LogP contribution in [-0.4, -0.2) is 0 Å². The molecule has 0 atom stereocenters. The first-order valence-electron chi connectivity index (χ1n) is 22.4. The normalized spacial score (nSPS) is 12.8. The van der Waals surface area contributed by atoms with Crippen molar-refractivity contribution in [3.63, 3.8) is 0 Å². The van der Waals surface area contributed by atoms with Crippen LogP contribution < -0.4 is 9.80 Å². The van der Waals surface area contributed by atoms with Gasteiger partial charge in [0.05, 0.1) is 0 Å². The van der Waals surface area contributed by atoms with Crippen molar-refractivity contribution in [3.8, 4) is 33.4 Å². The van der Waals surface area contributed by atoms with Crippen molar-refractivity contribution >= 4 is 66.4 Å². The molecule has 0 saturated carbocycles. The molecule has 2 nitrogen and oxygen atoms in total. The molecule has 2 aliphatic rings. The molecule has 0 fully saturated rings. The van der Waals surface area contributed by atoms with Crippen LogP contribution in [0, 0.1) is 0 Å². The van der Waals surface area contributed by atoms with Crippen molar-refractivity contribution in [1.29, 1.82) is 0 Å². The molecule has 0 amide bonds. The van der Waals surface area contributed by atoms with Crippen molar-refractivity contribution in [1.82, 2.24) is 0 Å². The minimum absolute atomic E-state index is 0.915. The highest BCUT2D eigenvalue weighted by atomic mass is 15.2. The van der Waals surface area contributed by atoms with E-state index in [9.17, 15) is 0 Å². The molecular formula is C62H42N2. The predicted molar refractivity (Wildman–Crippen MR) is 270 cm³/mol. The number of nitrogens with zero attached hydrogens (tertiary/aromatic N) is 2. The fourth-order valence-electron chi connectivity index (χ4n) is 10.8. The Hall–Kier alpha value is -8.20. The lowest BCUT2D eigenvalue weighted by Crippen LogP contribution is -2.18. The number of hydrogen-bond acceptors (Lipinski definition) is 2. The molecule has 13 rings (SSSR count). The van der Waals surface area contributed by atoms with Gasteiger partial charge in [-0.15, -0.1) is 0 Å². The molecule has 0 saturated heterocycles. The third-order valence-electron chi connectivity index (χ3n) is 13.6. The zero-order valence-corrected chi connectivity index (χ0v) is 35.2. The van der Waals surface area contributed by atoms with Gasteiger partial charge in [-0.2, -0.15) is 0 Å². The topological polar surface area (TPSA) is 6.48 Å². The van der Waals surface area contributed by atoms with E-state index in [1.807, 2.05) is 0 Å². The summed E-state index contributed by atoms with van der Waals surface area (Å²) in [4.78, 5) is 4.96. The fraction of sp³-hybridized carbons (Fsp3) is 0.0323. The zero-order valence-electron chi connectivity index (χ0n) is 35.2. The van der Waals surface area contributed by atoms with E-state index in [1.165, 1.54) is 111 Å². The number of benzene rings is 11. The van der Waals surface area contributed by atoms with Gasteiger partial charge in [0, 0.05) is 47.0 Å². The minimum Gasteiger partial charge on any atom is -0.310 e. The molecule has 64 heavy (non-hydrogen) atoms. The number of fused-ring (bicyclic) bond motifs is 7. The average Bonchev–Trinajstić information content (AvgIpc) is 3.36. The summed E-state index contributed by atoms with van der Waals surface area (Å²) in [5.74, 6) is 0. The molecule has 0 unspecified atom stereocenters. The van der Waals surface area contributed by atoms with E-state index >= 15 is 0 Å². The van der Waals surface area contributed by atoms with E-state index in [4.69, 9.17) is 0 Å². The Morgan fingerprint density at radius 2 is 0.625 bits per heavy atom. The van der Waals surface area contributed by atoms with Crippen LogP contribution in [0.4, 0.5) is 34.1 Å². The van der Waals surface area contributed by atoms with E-state index in [-0.39, 0.29) is 0 Å². The molecule has 11 aromatic rings. The molecular weight excluding hydrogens is 773 g/mol. The van der Waals surface area contributed by atoms with Crippen molar-refractivity contribution in [2.75, 3.05) is 9.80 Å². The summed E-state index contributed by atoms with van der Waals surface area (Å²) in [6.07, 6.45) is 1.83. The largest absolute Gasteiger partial charge is 0.310 e. The first kappa shape index (κ1) is 36.5. The SMILES string of the molecule is c1ccc(-c2ccc(-c3c4ccc(N5c6ccccc6Cc6ccccc65)cc4c(-c4ccccc4)c4ccc(N5c6ccccc6Cc6ccccc65)cc34)c3ccccc23)cc1. The summed E-state index contributed by atoms with van der Waals surface area (Å²) >= 11 is 0. The Morgan fingerprint density at radius 3 is 1.12 bits per heavy atom. The van der Waals surface area contributed by atoms with E-state index in [1.54, 1.807) is 0 Å². The molecule has 0 spiro atoms. The smallest absolute Gasteiger partial charge is 0.0497 e. The Kier molecular flexibility index (Phi) is 8.39. The van der Waals surface area contributed by atoms with Gasteiger partial charge in [-0.1, -0.05) is 182 Å². The number of hydrogen-bond donors (Lipinski definition) is 0. The zero-order chi connectivity index (χ0) is 42.1. The Morgan fingerprint density at radius 1 is 0.250 bits per heavy atom. The van der Waals surface area contributed by atoms with Crippen molar-refractivity contribution in [2.45, 2.75) is 12.8 Å². The Labute approximate surface area is 373 Å². The van der Waals surface area contributed by atoms with Crippen LogP contribution in [0.1, 0.15) is 22.3 Å². The second-order valence-corrected chi connectivity index (χ2v) is 17.2. The molecule has 0 aromatic heterocycles. The third-order valence-corrected chi connectivity index (χ3v) is 13.6. The van der Waals surface area contributed by atoms with Crippen LogP contribution in [0.15, 0.2) is 231 Å². The minimum atomic E-state index is 0.915. The van der Waals surface area contributed by atoms with Gasteiger partial charge in [0.25, 0.3) is 0 Å². The maximum Gasteiger partial charge on any atom is 0.0497 e. The fourth-order valence-corrected chi connectivity index (χ4v) is 10.8. The second-order valence-electron chi connectivity index (χ2n) is 17.2. The maximum absolute atomic E-state index is 2.48. The first-order chi connectivity index (χ1) is 31.8. The number of anilines is 6. The molecule has 0 aliphatic carbocycles. The highest BCUT2D eigenvalue weighted by Gasteiger charge is 2.28. The molecule has 0 bridgehead atoms. The lowest BCUT2D eigenvalue weighted by Gasteiger charge is -2.34. The van der Waals surface area contributed by atoms with Crippen molar-refractivity contribution in [3.05, 3.63) is 253 Å². The van der Waals surface area contributed by atoms with Crippen LogP contribution in [0.25, 0.3) is 65.7 Å². The lowest BCUT2D eigenvalue weighted by molar-refractivity contribution is 1.09. The van der Waals surface area contributed by atoms with Crippen LogP contribution in [0.2, 0.25) is 0 Å². The average molecular weight is 815 g/mol.